The SMILES string of the molecule is COC(=O)c1cc(CN[C@H](C)c2ccncc2)oc1C. The number of nitrogens with one attached hydrogen (secondary N) is 1. The molecule has 0 saturated carbocycles. The quantitative estimate of drug-likeness (QED) is 0.849. The molecule has 20 heavy (non-hydrogen) atoms. The number of methoxy groups -OCH3 is 1. The summed E-state index contributed by atoms with van der Waals surface area (Å²) in [7, 11) is 1.36. The molecule has 0 aliphatic carbocycles. The zero-order chi connectivity index (χ0) is 14.5. The summed E-state index contributed by atoms with van der Waals surface area (Å²) in [5, 5.41) is 3.34. The third-order valence-corrected chi connectivity index (χ3v) is 3.16. The Morgan fingerprint density at radius 2 is 2.15 bits per heavy atom. The molecule has 0 spiro atoms. The Balaban J connectivity index is 1.99. The Hall–Kier alpha value is -2.14. The average molecular weight is 274 g/mol. The topological polar surface area (TPSA) is 64.4 Å². The van der Waals surface area contributed by atoms with Gasteiger partial charge >= 0.3 is 5.97 Å². The van der Waals surface area contributed by atoms with E-state index in [-0.39, 0.29) is 12.0 Å². The molecule has 0 fully saturated rings. The van der Waals surface area contributed by atoms with E-state index in [0.29, 0.717) is 23.6 Å². The number of carbonyl (C=O) groups excluding carboxylic acids is 1. The van der Waals surface area contributed by atoms with E-state index < -0.39 is 0 Å². The van der Waals surface area contributed by atoms with Gasteiger partial charge in [0, 0.05) is 18.4 Å². The summed E-state index contributed by atoms with van der Waals surface area (Å²) in [6, 6.07) is 5.81. The van der Waals surface area contributed by atoms with Crippen molar-refractivity contribution in [2.24, 2.45) is 0 Å². The molecule has 0 bridgehead atoms. The van der Waals surface area contributed by atoms with Crippen molar-refractivity contribution in [1.82, 2.24) is 10.3 Å². The van der Waals surface area contributed by atoms with E-state index in [2.05, 4.69) is 17.2 Å². The second-order valence-electron chi connectivity index (χ2n) is 4.56. The smallest absolute Gasteiger partial charge is 0.341 e. The molecule has 1 N–H and O–H groups in total. The number of hydrogen-bond acceptors (Lipinski definition) is 5. The molecule has 0 saturated heterocycles. The Morgan fingerprint density at radius 3 is 2.80 bits per heavy atom. The van der Waals surface area contributed by atoms with Crippen LogP contribution in [0.4, 0.5) is 0 Å². The minimum absolute atomic E-state index is 0.171. The fourth-order valence-electron chi connectivity index (χ4n) is 1.97. The molecule has 0 unspecified atom stereocenters. The van der Waals surface area contributed by atoms with E-state index >= 15 is 0 Å². The second kappa shape index (κ2) is 6.34. The van der Waals surface area contributed by atoms with Gasteiger partial charge in [-0.25, -0.2) is 4.79 Å². The van der Waals surface area contributed by atoms with Crippen molar-refractivity contribution >= 4 is 5.97 Å². The first-order valence-electron chi connectivity index (χ1n) is 6.42. The molecule has 106 valence electrons. The number of rotatable bonds is 5. The van der Waals surface area contributed by atoms with Crippen LogP contribution >= 0.6 is 0 Å². The van der Waals surface area contributed by atoms with Gasteiger partial charge in [-0.3, -0.25) is 4.98 Å². The maximum Gasteiger partial charge on any atom is 0.341 e. The number of pyridine rings is 1. The first-order chi connectivity index (χ1) is 9.61. The minimum Gasteiger partial charge on any atom is -0.465 e. The van der Waals surface area contributed by atoms with Gasteiger partial charge in [-0.05, 0) is 37.6 Å². The number of esters is 1. The van der Waals surface area contributed by atoms with Crippen molar-refractivity contribution in [3.8, 4) is 0 Å². The van der Waals surface area contributed by atoms with Gasteiger partial charge in [-0.2, -0.15) is 0 Å². The lowest BCUT2D eigenvalue weighted by molar-refractivity contribution is 0.0599. The maximum atomic E-state index is 11.5. The maximum absolute atomic E-state index is 11.5. The fourth-order valence-corrected chi connectivity index (χ4v) is 1.97. The van der Waals surface area contributed by atoms with Crippen molar-refractivity contribution in [1.29, 1.82) is 0 Å². The summed E-state index contributed by atoms with van der Waals surface area (Å²) in [6.07, 6.45) is 3.53. The molecule has 2 aromatic rings. The van der Waals surface area contributed by atoms with Gasteiger partial charge in [0.15, 0.2) is 0 Å². The molecule has 2 aromatic heterocycles. The van der Waals surface area contributed by atoms with Gasteiger partial charge in [0.1, 0.15) is 17.1 Å². The summed E-state index contributed by atoms with van der Waals surface area (Å²) < 4.78 is 10.2. The van der Waals surface area contributed by atoms with Crippen molar-refractivity contribution in [2.45, 2.75) is 26.4 Å². The number of hydrogen-bond donors (Lipinski definition) is 1. The lowest BCUT2D eigenvalue weighted by atomic mass is 10.1. The predicted molar refractivity (Wildman–Crippen MR) is 74.3 cm³/mol. The predicted octanol–water partition coefficient (Wildman–Crippen LogP) is 2.62. The van der Waals surface area contributed by atoms with E-state index in [1.54, 1.807) is 25.4 Å². The molecule has 2 rings (SSSR count). The standard InChI is InChI=1S/C15H18N2O3/c1-10(12-4-6-16-7-5-12)17-9-13-8-14(11(2)20-13)15(18)19-3/h4-8,10,17H,9H2,1-3H3/t10-/m1/s1. The number of carbonyl (C=O) groups is 1. The van der Waals surface area contributed by atoms with Crippen molar-refractivity contribution in [2.75, 3.05) is 7.11 Å². The van der Waals surface area contributed by atoms with Gasteiger partial charge in [0.25, 0.3) is 0 Å². The van der Waals surface area contributed by atoms with E-state index in [1.807, 2.05) is 12.1 Å². The highest BCUT2D eigenvalue weighted by molar-refractivity contribution is 5.90. The summed E-state index contributed by atoms with van der Waals surface area (Å²) in [6.45, 7) is 4.36. The van der Waals surface area contributed by atoms with Crippen molar-refractivity contribution in [3.05, 3.63) is 53.2 Å². The summed E-state index contributed by atoms with van der Waals surface area (Å²) in [5.41, 5.74) is 1.62. The van der Waals surface area contributed by atoms with E-state index in [1.165, 1.54) is 7.11 Å². The lowest BCUT2D eigenvalue weighted by Gasteiger charge is -2.12. The van der Waals surface area contributed by atoms with Crippen LogP contribution in [-0.4, -0.2) is 18.1 Å². The van der Waals surface area contributed by atoms with Gasteiger partial charge < -0.3 is 14.5 Å². The van der Waals surface area contributed by atoms with Gasteiger partial charge in [0.05, 0.1) is 13.7 Å². The van der Waals surface area contributed by atoms with Gasteiger partial charge in [-0.15, -0.1) is 0 Å². The molecular formula is C15H18N2O3. The molecule has 5 heteroatoms. The summed E-state index contributed by atoms with van der Waals surface area (Å²) >= 11 is 0. The Morgan fingerprint density at radius 1 is 1.45 bits per heavy atom. The van der Waals surface area contributed by atoms with Gasteiger partial charge in [0.2, 0.25) is 0 Å². The zero-order valence-electron chi connectivity index (χ0n) is 11.8. The monoisotopic (exact) mass is 274 g/mol. The first kappa shape index (κ1) is 14.3. The van der Waals surface area contributed by atoms with E-state index in [0.717, 1.165) is 5.56 Å². The molecule has 0 aliphatic heterocycles. The second-order valence-corrected chi connectivity index (χ2v) is 4.56. The van der Waals surface area contributed by atoms with Crippen LogP contribution in [0.5, 0.6) is 0 Å². The third-order valence-electron chi connectivity index (χ3n) is 3.16. The largest absolute Gasteiger partial charge is 0.465 e. The molecule has 5 nitrogen and oxygen atoms in total. The molecule has 0 aliphatic rings. The highest BCUT2D eigenvalue weighted by atomic mass is 16.5. The Bertz CT molecular complexity index is 578. The Kier molecular flexibility index (Phi) is 4.53. The van der Waals surface area contributed by atoms with Crippen LogP contribution in [0.15, 0.2) is 35.0 Å². The first-order valence-corrected chi connectivity index (χ1v) is 6.42. The van der Waals surface area contributed by atoms with E-state index in [9.17, 15) is 4.79 Å². The van der Waals surface area contributed by atoms with Crippen LogP contribution in [0, 0.1) is 6.92 Å². The molecule has 2 heterocycles. The number of furan rings is 1. The summed E-state index contributed by atoms with van der Waals surface area (Å²) in [4.78, 5) is 15.5. The molecular weight excluding hydrogens is 256 g/mol. The van der Waals surface area contributed by atoms with Crippen LogP contribution in [-0.2, 0) is 11.3 Å². The average Bonchev–Trinajstić information content (AvgIpc) is 2.86. The normalized spacial score (nSPS) is 12.2. The van der Waals surface area contributed by atoms with Gasteiger partial charge in [-0.1, -0.05) is 0 Å². The highest BCUT2D eigenvalue weighted by Gasteiger charge is 2.15. The molecule has 0 amide bonds. The molecule has 0 radical (unpaired) electrons. The number of aromatic nitrogens is 1. The third kappa shape index (κ3) is 3.24. The van der Waals surface area contributed by atoms with Crippen molar-refractivity contribution < 1.29 is 13.9 Å². The number of aryl methyl sites for hydroxylation is 1. The highest BCUT2D eigenvalue weighted by Crippen LogP contribution is 2.17. The van der Waals surface area contributed by atoms with Crippen LogP contribution in [0.2, 0.25) is 0 Å². The van der Waals surface area contributed by atoms with Crippen LogP contribution in [0.3, 0.4) is 0 Å². The number of ether oxygens (including phenoxy) is 1. The number of nitrogens with zero attached hydrogens (tertiary/aromatic N) is 1. The van der Waals surface area contributed by atoms with Crippen molar-refractivity contribution in [3.63, 3.8) is 0 Å². The van der Waals surface area contributed by atoms with E-state index in [4.69, 9.17) is 9.15 Å². The lowest BCUT2D eigenvalue weighted by Crippen LogP contribution is -2.17. The fraction of sp³-hybridized carbons (Fsp3) is 0.333. The zero-order valence-corrected chi connectivity index (χ0v) is 11.8. The van der Waals surface area contributed by atoms with Crippen LogP contribution < -0.4 is 5.32 Å². The minimum atomic E-state index is -0.375. The summed E-state index contributed by atoms with van der Waals surface area (Å²) in [5.74, 6) is 0.911. The Labute approximate surface area is 118 Å². The molecule has 1 atom stereocenters. The van der Waals surface area contributed by atoms with Crippen LogP contribution in [0.25, 0.3) is 0 Å². The van der Waals surface area contributed by atoms with Crippen LogP contribution in [0.1, 0.15) is 40.4 Å². The molecule has 0 aromatic carbocycles.